The summed E-state index contributed by atoms with van der Waals surface area (Å²) >= 11 is 1.36. The van der Waals surface area contributed by atoms with Gasteiger partial charge >= 0.3 is 6.03 Å². The fourth-order valence-electron chi connectivity index (χ4n) is 2.97. The monoisotopic (exact) mass is 417 g/mol. The topological polar surface area (TPSA) is 103 Å². The molecule has 156 valence electrons. The van der Waals surface area contributed by atoms with E-state index in [1.165, 1.54) is 11.3 Å². The Morgan fingerprint density at radius 1 is 1.14 bits per heavy atom. The van der Waals surface area contributed by atoms with Crippen LogP contribution in [0, 0.1) is 5.92 Å². The van der Waals surface area contributed by atoms with E-state index in [0.717, 1.165) is 17.2 Å². The van der Waals surface area contributed by atoms with Crippen molar-refractivity contribution in [2.24, 2.45) is 5.92 Å². The number of rotatable bonds is 6. The third-order valence-corrected chi connectivity index (χ3v) is 5.41. The van der Waals surface area contributed by atoms with Crippen molar-refractivity contribution in [3.63, 3.8) is 0 Å². The zero-order chi connectivity index (χ0) is 20.8. The highest BCUT2D eigenvalue weighted by Gasteiger charge is 2.25. The SMILES string of the molecule is CC(C)Cc1nnc(NC(=O)[C@H](C)NC(=O)N2CCN(c3ccccn3)CC2)s1. The second kappa shape index (κ2) is 9.64. The molecule has 2 N–H and O–H groups in total. The van der Waals surface area contributed by atoms with E-state index < -0.39 is 6.04 Å². The van der Waals surface area contributed by atoms with Crippen LogP contribution in [0.1, 0.15) is 25.8 Å². The summed E-state index contributed by atoms with van der Waals surface area (Å²) in [5.41, 5.74) is 0. The first-order chi connectivity index (χ1) is 13.9. The van der Waals surface area contributed by atoms with E-state index in [1.807, 2.05) is 18.2 Å². The average Bonchev–Trinajstić information content (AvgIpc) is 3.14. The quantitative estimate of drug-likeness (QED) is 0.745. The predicted molar refractivity (Wildman–Crippen MR) is 113 cm³/mol. The zero-order valence-corrected chi connectivity index (χ0v) is 17.8. The molecule has 3 amide bonds. The summed E-state index contributed by atoms with van der Waals surface area (Å²) in [6, 6.07) is 4.88. The molecule has 2 aromatic rings. The maximum Gasteiger partial charge on any atom is 0.318 e. The Morgan fingerprint density at radius 2 is 1.90 bits per heavy atom. The molecule has 0 aliphatic carbocycles. The first-order valence-corrected chi connectivity index (χ1v) is 10.6. The van der Waals surface area contributed by atoms with Crippen LogP contribution in [0.15, 0.2) is 24.4 Å². The normalized spacial score (nSPS) is 15.3. The fourth-order valence-corrected chi connectivity index (χ4v) is 3.93. The van der Waals surface area contributed by atoms with E-state index >= 15 is 0 Å². The lowest BCUT2D eigenvalue weighted by Crippen LogP contribution is -2.54. The number of amides is 3. The molecule has 1 fully saturated rings. The standard InChI is InChI=1S/C19H27N7O2S/c1-13(2)12-16-23-24-18(29-16)22-17(27)14(3)21-19(28)26-10-8-25(9-11-26)15-6-4-5-7-20-15/h4-7,13-14H,8-12H2,1-3H3,(H,21,28)(H,22,24,27)/t14-/m0/s1. The van der Waals surface area contributed by atoms with Crippen LogP contribution in [-0.4, -0.2) is 64.2 Å². The number of carbonyl (C=O) groups is 2. The molecule has 0 bridgehead atoms. The van der Waals surface area contributed by atoms with Crippen molar-refractivity contribution >= 4 is 34.2 Å². The number of piperazine rings is 1. The van der Waals surface area contributed by atoms with Gasteiger partial charge in [-0.1, -0.05) is 31.3 Å². The van der Waals surface area contributed by atoms with Gasteiger partial charge in [-0.15, -0.1) is 10.2 Å². The fraction of sp³-hybridized carbons (Fsp3) is 0.526. The average molecular weight is 418 g/mol. The summed E-state index contributed by atoms with van der Waals surface area (Å²) in [4.78, 5) is 33.1. The van der Waals surface area contributed by atoms with Gasteiger partial charge < -0.3 is 15.1 Å². The van der Waals surface area contributed by atoms with Gasteiger partial charge in [0.05, 0.1) is 0 Å². The molecule has 1 aliphatic heterocycles. The Morgan fingerprint density at radius 3 is 2.55 bits per heavy atom. The van der Waals surface area contributed by atoms with E-state index in [1.54, 1.807) is 18.0 Å². The van der Waals surface area contributed by atoms with Crippen LogP contribution in [0.3, 0.4) is 0 Å². The Balaban J connectivity index is 1.45. The van der Waals surface area contributed by atoms with Gasteiger partial charge in [-0.2, -0.15) is 0 Å². The lowest BCUT2D eigenvalue weighted by molar-refractivity contribution is -0.117. The molecule has 0 unspecified atom stereocenters. The highest BCUT2D eigenvalue weighted by atomic mass is 32.1. The molecule has 0 saturated carbocycles. The van der Waals surface area contributed by atoms with Gasteiger partial charge in [0, 0.05) is 38.8 Å². The number of aromatic nitrogens is 3. The number of hydrogen-bond donors (Lipinski definition) is 2. The third kappa shape index (κ3) is 5.86. The Bertz CT molecular complexity index is 819. The summed E-state index contributed by atoms with van der Waals surface area (Å²) in [7, 11) is 0. The van der Waals surface area contributed by atoms with Gasteiger partial charge in [-0.25, -0.2) is 9.78 Å². The van der Waals surface area contributed by atoms with E-state index in [-0.39, 0.29) is 11.9 Å². The Hall–Kier alpha value is -2.75. The molecule has 3 rings (SSSR count). The van der Waals surface area contributed by atoms with Crippen molar-refractivity contribution in [1.29, 1.82) is 0 Å². The third-order valence-electron chi connectivity index (χ3n) is 4.55. The maximum absolute atomic E-state index is 12.5. The van der Waals surface area contributed by atoms with Crippen LogP contribution in [0.2, 0.25) is 0 Å². The molecule has 0 radical (unpaired) electrons. The number of pyridine rings is 1. The van der Waals surface area contributed by atoms with Crippen LogP contribution in [0.25, 0.3) is 0 Å². The first-order valence-electron chi connectivity index (χ1n) is 9.77. The number of anilines is 2. The van der Waals surface area contributed by atoms with Gasteiger partial charge in [0.1, 0.15) is 16.9 Å². The van der Waals surface area contributed by atoms with E-state index in [0.29, 0.717) is 37.2 Å². The molecule has 1 atom stereocenters. The van der Waals surface area contributed by atoms with E-state index in [9.17, 15) is 9.59 Å². The van der Waals surface area contributed by atoms with Crippen molar-refractivity contribution in [1.82, 2.24) is 25.4 Å². The highest BCUT2D eigenvalue weighted by Crippen LogP contribution is 2.18. The van der Waals surface area contributed by atoms with E-state index in [2.05, 4.69) is 44.6 Å². The second-order valence-electron chi connectivity index (χ2n) is 7.42. The number of nitrogens with zero attached hydrogens (tertiary/aromatic N) is 5. The smallest absolute Gasteiger partial charge is 0.318 e. The molecule has 9 nitrogen and oxygen atoms in total. The molecule has 10 heteroatoms. The van der Waals surface area contributed by atoms with Crippen molar-refractivity contribution in [2.45, 2.75) is 33.2 Å². The van der Waals surface area contributed by atoms with Gasteiger partial charge in [0.25, 0.3) is 0 Å². The molecule has 29 heavy (non-hydrogen) atoms. The summed E-state index contributed by atoms with van der Waals surface area (Å²) in [5, 5.41) is 14.9. The molecule has 3 heterocycles. The zero-order valence-electron chi connectivity index (χ0n) is 17.0. The van der Waals surface area contributed by atoms with Crippen LogP contribution in [-0.2, 0) is 11.2 Å². The van der Waals surface area contributed by atoms with Crippen molar-refractivity contribution in [2.75, 3.05) is 36.4 Å². The minimum absolute atomic E-state index is 0.244. The Labute approximate surface area is 174 Å². The van der Waals surface area contributed by atoms with Crippen LogP contribution in [0.5, 0.6) is 0 Å². The van der Waals surface area contributed by atoms with Gasteiger partial charge in [-0.3, -0.25) is 10.1 Å². The number of carbonyl (C=O) groups excluding carboxylic acids is 2. The molecular weight excluding hydrogens is 390 g/mol. The second-order valence-corrected chi connectivity index (χ2v) is 8.48. The summed E-state index contributed by atoms with van der Waals surface area (Å²) < 4.78 is 0. The lowest BCUT2D eigenvalue weighted by atomic mass is 10.1. The van der Waals surface area contributed by atoms with Gasteiger partial charge in [-0.05, 0) is 25.0 Å². The minimum Gasteiger partial charge on any atom is -0.353 e. The lowest BCUT2D eigenvalue weighted by Gasteiger charge is -2.35. The number of hydrogen-bond acceptors (Lipinski definition) is 7. The number of urea groups is 1. The molecule has 1 aliphatic rings. The Kier molecular flexibility index (Phi) is 6.97. The maximum atomic E-state index is 12.5. The van der Waals surface area contributed by atoms with Gasteiger partial charge in [0.2, 0.25) is 11.0 Å². The first kappa shape index (κ1) is 21.0. The van der Waals surface area contributed by atoms with Crippen molar-refractivity contribution < 1.29 is 9.59 Å². The van der Waals surface area contributed by atoms with Gasteiger partial charge in [0.15, 0.2) is 0 Å². The highest BCUT2D eigenvalue weighted by molar-refractivity contribution is 7.15. The van der Waals surface area contributed by atoms with Crippen LogP contribution in [0.4, 0.5) is 15.7 Å². The van der Waals surface area contributed by atoms with Crippen molar-refractivity contribution in [3.05, 3.63) is 29.4 Å². The largest absolute Gasteiger partial charge is 0.353 e. The minimum atomic E-state index is -0.672. The summed E-state index contributed by atoms with van der Waals surface area (Å²) in [6.07, 6.45) is 2.59. The molecule has 1 saturated heterocycles. The predicted octanol–water partition coefficient (Wildman–Crippen LogP) is 1.99. The van der Waals surface area contributed by atoms with Crippen LogP contribution < -0.4 is 15.5 Å². The summed E-state index contributed by atoms with van der Waals surface area (Å²) in [5.74, 6) is 1.08. The van der Waals surface area contributed by atoms with Crippen molar-refractivity contribution in [3.8, 4) is 0 Å². The van der Waals surface area contributed by atoms with Crippen LogP contribution >= 0.6 is 11.3 Å². The summed E-state index contributed by atoms with van der Waals surface area (Å²) in [6.45, 7) is 8.43. The molecule has 0 spiro atoms. The molecule has 0 aromatic carbocycles. The van der Waals surface area contributed by atoms with E-state index in [4.69, 9.17) is 0 Å². The molecular formula is C19H27N7O2S. The molecule has 2 aromatic heterocycles. The number of nitrogens with one attached hydrogen (secondary N) is 2.